The summed E-state index contributed by atoms with van der Waals surface area (Å²) in [6.45, 7) is 3.53. The summed E-state index contributed by atoms with van der Waals surface area (Å²) < 4.78 is 11.6. The third-order valence-electron chi connectivity index (χ3n) is 3.64. The maximum atomic E-state index is 12.1. The highest BCUT2D eigenvalue weighted by atomic mass is 79.9. The van der Waals surface area contributed by atoms with Crippen molar-refractivity contribution in [3.05, 3.63) is 58.1 Å². The van der Waals surface area contributed by atoms with E-state index in [9.17, 15) is 9.59 Å². The number of aryl methyl sites for hydroxylation is 1. The Morgan fingerprint density at radius 3 is 2.62 bits per heavy atom. The van der Waals surface area contributed by atoms with E-state index in [4.69, 9.17) is 9.47 Å². The summed E-state index contributed by atoms with van der Waals surface area (Å²) in [5.41, 5.74) is 6.54. The lowest BCUT2D eigenvalue weighted by Crippen LogP contribution is -2.47. The number of halogens is 1. The number of benzene rings is 2. The van der Waals surface area contributed by atoms with Crippen molar-refractivity contribution in [3.63, 3.8) is 0 Å². The molecule has 26 heavy (non-hydrogen) atoms. The molecule has 0 unspecified atom stereocenters. The number of amides is 2. The molecule has 0 saturated carbocycles. The van der Waals surface area contributed by atoms with E-state index in [0.29, 0.717) is 5.75 Å². The van der Waals surface area contributed by atoms with Crippen LogP contribution in [0.5, 0.6) is 11.5 Å². The normalized spacial score (nSPS) is 11.4. The van der Waals surface area contributed by atoms with Crippen LogP contribution in [-0.2, 0) is 16.0 Å². The highest BCUT2D eigenvalue weighted by Crippen LogP contribution is 2.20. The third-order valence-corrected chi connectivity index (χ3v) is 4.13. The standard InChI is InChI=1S/C19H21BrN2O4/c1-12-7-8-14(9-17(12)25-3)10-18(23)21-22-19(24)13(2)26-16-6-4-5-15(20)11-16/h4-9,11,13H,10H2,1-3H3,(H,21,23)(H,22,24)/t13-/m1/s1. The second-order valence-corrected chi connectivity index (χ2v) is 6.65. The van der Waals surface area contributed by atoms with Gasteiger partial charge in [-0.15, -0.1) is 0 Å². The van der Waals surface area contributed by atoms with Gasteiger partial charge < -0.3 is 9.47 Å². The molecule has 0 fully saturated rings. The molecule has 0 bridgehead atoms. The average molecular weight is 421 g/mol. The molecule has 0 aliphatic heterocycles. The Hall–Kier alpha value is -2.54. The zero-order valence-corrected chi connectivity index (χ0v) is 16.4. The number of hydrazine groups is 1. The summed E-state index contributed by atoms with van der Waals surface area (Å²) in [7, 11) is 1.58. The maximum absolute atomic E-state index is 12.1. The first-order chi connectivity index (χ1) is 12.4. The first kappa shape index (κ1) is 19.8. The molecule has 0 radical (unpaired) electrons. The highest BCUT2D eigenvalue weighted by Gasteiger charge is 2.16. The molecule has 2 aromatic carbocycles. The molecule has 138 valence electrons. The number of rotatable bonds is 6. The minimum atomic E-state index is -0.760. The number of carbonyl (C=O) groups is 2. The molecule has 6 nitrogen and oxygen atoms in total. The Bertz CT molecular complexity index is 795. The van der Waals surface area contributed by atoms with E-state index in [1.54, 1.807) is 32.2 Å². The predicted molar refractivity (Wildman–Crippen MR) is 102 cm³/mol. The van der Waals surface area contributed by atoms with Crippen molar-refractivity contribution >= 4 is 27.7 Å². The number of nitrogens with one attached hydrogen (secondary N) is 2. The van der Waals surface area contributed by atoms with E-state index in [1.165, 1.54) is 0 Å². The Morgan fingerprint density at radius 1 is 1.15 bits per heavy atom. The van der Waals surface area contributed by atoms with Gasteiger partial charge in [0.15, 0.2) is 6.10 Å². The molecule has 0 spiro atoms. The Balaban J connectivity index is 1.83. The fourth-order valence-corrected chi connectivity index (χ4v) is 2.61. The van der Waals surface area contributed by atoms with Crippen molar-refractivity contribution < 1.29 is 19.1 Å². The fraction of sp³-hybridized carbons (Fsp3) is 0.263. The number of hydrogen-bond donors (Lipinski definition) is 2. The van der Waals surface area contributed by atoms with Crippen LogP contribution in [0.4, 0.5) is 0 Å². The van der Waals surface area contributed by atoms with E-state index >= 15 is 0 Å². The second kappa shape index (κ2) is 9.24. The number of hydrogen-bond acceptors (Lipinski definition) is 4. The zero-order valence-electron chi connectivity index (χ0n) is 14.8. The van der Waals surface area contributed by atoms with E-state index in [2.05, 4.69) is 26.8 Å². The van der Waals surface area contributed by atoms with Gasteiger partial charge in [0.1, 0.15) is 11.5 Å². The molecule has 0 aromatic heterocycles. The SMILES string of the molecule is COc1cc(CC(=O)NNC(=O)[C@@H](C)Oc2cccc(Br)c2)ccc1C. The van der Waals surface area contributed by atoms with Crippen LogP contribution in [0.3, 0.4) is 0 Å². The minimum absolute atomic E-state index is 0.123. The molecule has 0 aliphatic carbocycles. The highest BCUT2D eigenvalue weighted by molar-refractivity contribution is 9.10. The maximum Gasteiger partial charge on any atom is 0.279 e. The van der Waals surface area contributed by atoms with E-state index in [-0.39, 0.29) is 12.3 Å². The molecular formula is C19H21BrN2O4. The third kappa shape index (κ3) is 5.77. The summed E-state index contributed by atoms with van der Waals surface area (Å²) in [5, 5.41) is 0. The minimum Gasteiger partial charge on any atom is -0.496 e. The first-order valence-electron chi connectivity index (χ1n) is 8.03. The predicted octanol–water partition coefficient (Wildman–Crippen LogP) is 2.92. The van der Waals surface area contributed by atoms with Gasteiger partial charge in [-0.25, -0.2) is 0 Å². The van der Waals surface area contributed by atoms with Crippen molar-refractivity contribution in [1.29, 1.82) is 0 Å². The van der Waals surface area contributed by atoms with Crippen LogP contribution in [0, 0.1) is 6.92 Å². The lowest BCUT2D eigenvalue weighted by molar-refractivity contribution is -0.132. The number of methoxy groups -OCH3 is 1. The molecule has 7 heteroatoms. The fourth-order valence-electron chi connectivity index (χ4n) is 2.23. The molecule has 2 rings (SSSR count). The summed E-state index contributed by atoms with van der Waals surface area (Å²) >= 11 is 3.34. The van der Waals surface area contributed by atoms with Gasteiger partial charge in [-0.1, -0.05) is 34.1 Å². The van der Waals surface area contributed by atoms with Gasteiger partial charge in [0.2, 0.25) is 5.91 Å². The van der Waals surface area contributed by atoms with Gasteiger partial charge in [0.05, 0.1) is 13.5 Å². The Labute approximate surface area is 161 Å². The Kier molecular flexibility index (Phi) is 7.03. The van der Waals surface area contributed by atoms with Crippen LogP contribution in [0.2, 0.25) is 0 Å². The van der Waals surface area contributed by atoms with Gasteiger partial charge in [0, 0.05) is 4.47 Å². The monoisotopic (exact) mass is 420 g/mol. The summed E-state index contributed by atoms with van der Waals surface area (Å²) in [5.74, 6) is 0.495. The van der Waals surface area contributed by atoms with Gasteiger partial charge in [-0.2, -0.15) is 0 Å². The van der Waals surface area contributed by atoms with Crippen LogP contribution in [-0.4, -0.2) is 25.0 Å². The van der Waals surface area contributed by atoms with Crippen molar-refractivity contribution in [2.75, 3.05) is 7.11 Å². The first-order valence-corrected chi connectivity index (χ1v) is 8.82. The van der Waals surface area contributed by atoms with Crippen molar-refractivity contribution in [3.8, 4) is 11.5 Å². The van der Waals surface area contributed by atoms with Gasteiger partial charge >= 0.3 is 0 Å². The van der Waals surface area contributed by atoms with Crippen molar-refractivity contribution in [2.24, 2.45) is 0 Å². The van der Waals surface area contributed by atoms with Crippen LogP contribution in [0.25, 0.3) is 0 Å². The zero-order chi connectivity index (χ0) is 19.1. The number of carbonyl (C=O) groups excluding carboxylic acids is 2. The molecule has 1 atom stereocenters. The molecule has 0 aliphatic rings. The number of ether oxygens (including phenoxy) is 2. The van der Waals surface area contributed by atoms with Crippen molar-refractivity contribution in [1.82, 2.24) is 10.9 Å². The van der Waals surface area contributed by atoms with Crippen molar-refractivity contribution in [2.45, 2.75) is 26.4 Å². The van der Waals surface area contributed by atoms with Crippen LogP contribution < -0.4 is 20.3 Å². The van der Waals surface area contributed by atoms with Crippen LogP contribution >= 0.6 is 15.9 Å². The smallest absolute Gasteiger partial charge is 0.279 e. The van der Waals surface area contributed by atoms with Gasteiger partial charge in [-0.05, 0) is 49.2 Å². The molecule has 0 saturated heterocycles. The lowest BCUT2D eigenvalue weighted by Gasteiger charge is -2.15. The Morgan fingerprint density at radius 2 is 1.92 bits per heavy atom. The molecule has 0 heterocycles. The van der Waals surface area contributed by atoms with Crippen LogP contribution in [0.1, 0.15) is 18.1 Å². The largest absolute Gasteiger partial charge is 0.496 e. The topological polar surface area (TPSA) is 76.7 Å². The molecular weight excluding hydrogens is 400 g/mol. The quantitative estimate of drug-likeness (QED) is 0.704. The van der Waals surface area contributed by atoms with Crippen LogP contribution in [0.15, 0.2) is 46.9 Å². The molecule has 2 N–H and O–H groups in total. The molecule has 2 amide bonds. The lowest BCUT2D eigenvalue weighted by atomic mass is 10.1. The van der Waals surface area contributed by atoms with Gasteiger partial charge in [-0.3, -0.25) is 20.4 Å². The molecule has 2 aromatic rings. The van der Waals surface area contributed by atoms with E-state index in [0.717, 1.165) is 21.3 Å². The van der Waals surface area contributed by atoms with E-state index in [1.807, 2.05) is 31.2 Å². The second-order valence-electron chi connectivity index (χ2n) is 5.74. The summed E-state index contributed by atoms with van der Waals surface area (Å²) in [4.78, 5) is 24.1. The summed E-state index contributed by atoms with van der Waals surface area (Å²) in [6.07, 6.45) is -0.637. The average Bonchev–Trinajstić information content (AvgIpc) is 2.61. The van der Waals surface area contributed by atoms with E-state index < -0.39 is 12.0 Å². The summed E-state index contributed by atoms with van der Waals surface area (Å²) in [6, 6.07) is 12.7. The van der Waals surface area contributed by atoms with Gasteiger partial charge in [0.25, 0.3) is 5.91 Å².